The molecule has 0 bridgehead atoms. The van der Waals surface area contributed by atoms with Gasteiger partial charge >= 0.3 is 24.3 Å². The van der Waals surface area contributed by atoms with Crippen LogP contribution in [0.4, 0.5) is 26.3 Å². The SMILES string of the molecule is CCC(C)(C)CC(C)(C(=O)OC(C)(C)C(=O)OC(C(F)(F)F)C(F)(F)F)C(C)(C)C. The Morgan fingerprint density at radius 2 is 1.17 bits per heavy atom. The molecule has 0 radical (unpaired) electrons. The van der Waals surface area contributed by atoms with E-state index in [4.69, 9.17) is 4.74 Å². The zero-order chi connectivity index (χ0) is 24.6. The molecule has 4 nitrogen and oxygen atoms in total. The quantitative estimate of drug-likeness (QED) is 0.341. The van der Waals surface area contributed by atoms with E-state index in [1.807, 2.05) is 20.8 Å². The fraction of sp³-hybridized carbons (Fsp3) is 0.900. The highest BCUT2D eigenvalue weighted by atomic mass is 19.4. The van der Waals surface area contributed by atoms with Crippen molar-refractivity contribution in [2.75, 3.05) is 0 Å². The molecule has 0 amide bonds. The van der Waals surface area contributed by atoms with Crippen molar-refractivity contribution in [2.45, 2.75) is 99.2 Å². The van der Waals surface area contributed by atoms with Gasteiger partial charge in [0.15, 0.2) is 0 Å². The summed E-state index contributed by atoms with van der Waals surface area (Å²) in [5.74, 6) is -2.85. The average Bonchev–Trinajstić information content (AvgIpc) is 2.47. The molecular weight excluding hydrogens is 418 g/mol. The topological polar surface area (TPSA) is 52.6 Å². The van der Waals surface area contributed by atoms with E-state index in [1.54, 1.807) is 27.7 Å². The van der Waals surface area contributed by atoms with Gasteiger partial charge in [-0.3, -0.25) is 4.79 Å². The van der Waals surface area contributed by atoms with Crippen LogP contribution in [0.1, 0.15) is 75.2 Å². The summed E-state index contributed by atoms with van der Waals surface area (Å²) in [6.07, 6.45) is -15.0. The summed E-state index contributed by atoms with van der Waals surface area (Å²) >= 11 is 0. The molecule has 0 aromatic heterocycles. The van der Waals surface area contributed by atoms with Gasteiger partial charge in [-0.2, -0.15) is 26.3 Å². The highest BCUT2D eigenvalue weighted by Crippen LogP contribution is 2.49. The second-order valence-corrected chi connectivity index (χ2v) is 10.0. The Hall–Kier alpha value is -1.48. The maximum Gasteiger partial charge on any atom is 0.434 e. The number of hydrogen-bond acceptors (Lipinski definition) is 4. The van der Waals surface area contributed by atoms with Gasteiger partial charge in [-0.25, -0.2) is 4.79 Å². The first-order valence-electron chi connectivity index (χ1n) is 9.49. The minimum Gasteiger partial charge on any atom is -0.447 e. The van der Waals surface area contributed by atoms with E-state index in [0.717, 1.165) is 13.8 Å². The molecule has 178 valence electrons. The first-order chi connectivity index (χ1) is 12.9. The molecular formula is C20H32F6O4. The van der Waals surface area contributed by atoms with Crippen molar-refractivity contribution >= 4 is 11.9 Å². The number of rotatable bonds is 7. The van der Waals surface area contributed by atoms with Crippen LogP contribution >= 0.6 is 0 Å². The van der Waals surface area contributed by atoms with E-state index in [2.05, 4.69) is 4.74 Å². The Morgan fingerprint density at radius 3 is 1.47 bits per heavy atom. The number of esters is 2. The van der Waals surface area contributed by atoms with Crippen molar-refractivity contribution in [3.8, 4) is 0 Å². The number of halogens is 6. The molecule has 0 aliphatic heterocycles. The van der Waals surface area contributed by atoms with Crippen LogP contribution in [0.25, 0.3) is 0 Å². The van der Waals surface area contributed by atoms with E-state index in [9.17, 15) is 35.9 Å². The van der Waals surface area contributed by atoms with Crippen LogP contribution in [0.2, 0.25) is 0 Å². The second kappa shape index (κ2) is 8.57. The zero-order valence-electron chi connectivity index (χ0n) is 18.9. The normalized spacial score (nSPS) is 16.3. The van der Waals surface area contributed by atoms with Crippen LogP contribution in [0.15, 0.2) is 0 Å². The van der Waals surface area contributed by atoms with Crippen molar-refractivity contribution in [2.24, 2.45) is 16.2 Å². The number of hydrogen-bond donors (Lipinski definition) is 0. The number of carbonyl (C=O) groups is 2. The van der Waals surface area contributed by atoms with Crippen LogP contribution in [-0.2, 0) is 19.1 Å². The summed E-state index contributed by atoms with van der Waals surface area (Å²) in [7, 11) is 0. The molecule has 0 fully saturated rings. The first-order valence-corrected chi connectivity index (χ1v) is 9.49. The fourth-order valence-electron chi connectivity index (χ4n) is 2.68. The average molecular weight is 450 g/mol. The predicted octanol–water partition coefficient (Wildman–Crippen LogP) is 6.22. The van der Waals surface area contributed by atoms with Crippen molar-refractivity contribution in [3.05, 3.63) is 0 Å². The summed E-state index contributed by atoms with van der Waals surface area (Å²) in [5, 5.41) is 0. The molecule has 0 aliphatic rings. The third-order valence-corrected chi connectivity index (χ3v) is 5.55. The van der Waals surface area contributed by atoms with Gasteiger partial charge in [-0.05, 0) is 38.0 Å². The molecule has 0 rings (SSSR count). The first kappa shape index (κ1) is 28.5. The van der Waals surface area contributed by atoms with Gasteiger partial charge in [0.05, 0.1) is 5.41 Å². The maximum absolute atomic E-state index is 13.0. The minimum absolute atomic E-state index is 0.316. The molecule has 0 aromatic rings. The Labute approximate surface area is 173 Å². The summed E-state index contributed by atoms with van der Waals surface area (Å²) in [6.45, 7) is 14.4. The van der Waals surface area contributed by atoms with E-state index in [0.29, 0.717) is 12.8 Å². The van der Waals surface area contributed by atoms with E-state index >= 15 is 0 Å². The Kier molecular flexibility index (Phi) is 8.15. The Balaban J connectivity index is 5.82. The summed E-state index contributed by atoms with van der Waals surface area (Å²) < 4.78 is 85.0. The summed E-state index contributed by atoms with van der Waals surface area (Å²) in [4.78, 5) is 25.2. The summed E-state index contributed by atoms with van der Waals surface area (Å²) in [5.41, 5.74) is -4.55. The van der Waals surface area contributed by atoms with Crippen LogP contribution < -0.4 is 0 Å². The number of alkyl halides is 6. The van der Waals surface area contributed by atoms with E-state index in [-0.39, 0.29) is 5.41 Å². The van der Waals surface area contributed by atoms with Crippen LogP contribution in [-0.4, -0.2) is 36.0 Å². The van der Waals surface area contributed by atoms with Gasteiger partial charge in [-0.15, -0.1) is 0 Å². The third-order valence-electron chi connectivity index (χ3n) is 5.55. The zero-order valence-corrected chi connectivity index (χ0v) is 18.9. The molecule has 30 heavy (non-hydrogen) atoms. The third kappa shape index (κ3) is 7.04. The van der Waals surface area contributed by atoms with Crippen molar-refractivity contribution in [3.63, 3.8) is 0 Å². The minimum atomic E-state index is -5.86. The summed E-state index contributed by atoms with van der Waals surface area (Å²) in [6, 6.07) is 0. The maximum atomic E-state index is 13.0. The van der Waals surface area contributed by atoms with Crippen molar-refractivity contribution in [1.29, 1.82) is 0 Å². The lowest BCUT2D eigenvalue weighted by molar-refractivity contribution is -0.316. The fourth-order valence-corrected chi connectivity index (χ4v) is 2.68. The molecule has 0 aliphatic carbocycles. The van der Waals surface area contributed by atoms with E-state index in [1.165, 1.54) is 0 Å². The lowest BCUT2D eigenvalue weighted by Crippen LogP contribution is -2.52. The molecule has 0 spiro atoms. The molecule has 0 saturated heterocycles. The van der Waals surface area contributed by atoms with Crippen LogP contribution in [0, 0.1) is 16.2 Å². The number of carbonyl (C=O) groups excluding carboxylic acids is 2. The molecule has 0 aromatic carbocycles. The lowest BCUT2D eigenvalue weighted by Gasteiger charge is -2.45. The molecule has 0 heterocycles. The predicted molar refractivity (Wildman–Crippen MR) is 98.4 cm³/mol. The van der Waals surface area contributed by atoms with Gasteiger partial charge in [0, 0.05) is 0 Å². The van der Waals surface area contributed by atoms with Crippen molar-refractivity contribution in [1.82, 2.24) is 0 Å². The highest BCUT2D eigenvalue weighted by Gasteiger charge is 2.61. The largest absolute Gasteiger partial charge is 0.447 e. The Bertz CT molecular complexity index is 615. The smallest absolute Gasteiger partial charge is 0.434 e. The van der Waals surface area contributed by atoms with Crippen LogP contribution in [0.3, 0.4) is 0 Å². The molecule has 1 unspecified atom stereocenters. The Morgan fingerprint density at radius 1 is 0.767 bits per heavy atom. The highest BCUT2D eigenvalue weighted by molar-refractivity contribution is 5.85. The van der Waals surface area contributed by atoms with Gasteiger partial charge in [0.1, 0.15) is 0 Å². The number of ether oxygens (including phenoxy) is 2. The van der Waals surface area contributed by atoms with Gasteiger partial charge in [0.2, 0.25) is 5.60 Å². The van der Waals surface area contributed by atoms with Crippen molar-refractivity contribution < 1.29 is 45.4 Å². The van der Waals surface area contributed by atoms with Gasteiger partial charge < -0.3 is 9.47 Å². The monoisotopic (exact) mass is 450 g/mol. The van der Waals surface area contributed by atoms with Gasteiger partial charge in [0.25, 0.3) is 6.10 Å². The lowest BCUT2D eigenvalue weighted by atomic mass is 9.60. The van der Waals surface area contributed by atoms with Crippen LogP contribution in [0.5, 0.6) is 0 Å². The van der Waals surface area contributed by atoms with Gasteiger partial charge in [-0.1, -0.05) is 48.0 Å². The molecule has 10 heteroatoms. The molecule has 0 N–H and O–H groups in total. The second-order valence-electron chi connectivity index (χ2n) is 10.0. The molecule has 0 saturated carbocycles. The van der Waals surface area contributed by atoms with E-state index < -0.39 is 46.8 Å². The standard InChI is InChI=1S/C20H32F6O4/c1-10-16(5,6)11-18(9,15(2,3)4)14(28)30-17(7,8)13(27)29-12(19(21,22)23)20(24,25)26/h12H,10-11H2,1-9H3. The molecule has 1 atom stereocenters.